The maximum Gasteiger partial charge on any atom is 0.312 e. The molecule has 1 rings (SSSR count). The summed E-state index contributed by atoms with van der Waals surface area (Å²) in [6, 6.07) is 1.55. The first-order valence-electron chi connectivity index (χ1n) is 3.79. The van der Waals surface area contributed by atoms with Gasteiger partial charge in [0.15, 0.2) is 0 Å². The first-order chi connectivity index (χ1) is 5.83. The fourth-order valence-electron chi connectivity index (χ4n) is 0.711. The second-order valence-electron chi connectivity index (χ2n) is 2.27. The molecule has 0 N–H and O–H groups in total. The Balaban J connectivity index is 2.47. The monoisotopic (exact) mass is 166 g/mol. The number of hydrogen-bond donors (Lipinski definition) is 0. The molecule has 0 fully saturated rings. The highest BCUT2D eigenvalue weighted by Crippen LogP contribution is 2.03. The zero-order valence-electron chi connectivity index (χ0n) is 6.86. The number of ether oxygens (including phenoxy) is 1. The fourth-order valence-corrected chi connectivity index (χ4v) is 0.711. The molecular weight excluding hydrogens is 156 g/mol. The standard InChI is InChI=1S/C8H10N2O2/c1-2-3-8(11)12-7-4-5-9-6-10-7/h4-6H,2-3H2,1H3. The summed E-state index contributed by atoms with van der Waals surface area (Å²) in [4.78, 5) is 18.4. The summed E-state index contributed by atoms with van der Waals surface area (Å²) in [6.45, 7) is 1.92. The SMILES string of the molecule is CCCC(=O)Oc1ccncn1. The molecule has 0 atom stereocenters. The van der Waals surface area contributed by atoms with Crippen molar-refractivity contribution in [1.29, 1.82) is 0 Å². The third-order valence-corrected chi connectivity index (χ3v) is 1.23. The van der Waals surface area contributed by atoms with Gasteiger partial charge in [0, 0.05) is 18.7 Å². The molecule has 0 aliphatic rings. The van der Waals surface area contributed by atoms with Gasteiger partial charge in [0.25, 0.3) is 0 Å². The van der Waals surface area contributed by atoms with Crippen LogP contribution in [0.5, 0.6) is 5.88 Å². The highest BCUT2D eigenvalue weighted by atomic mass is 16.5. The minimum absolute atomic E-state index is 0.254. The van der Waals surface area contributed by atoms with Crippen LogP contribution in [0.1, 0.15) is 19.8 Å². The third kappa shape index (κ3) is 2.65. The molecule has 0 aromatic carbocycles. The summed E-state index contributed by atoms with van der Waals surface area (Å²) < 4.78 is 4.86. The van der Waals surface area contributed by atoms with Crippen LogP contribution in [-0.2, 0) is 4.79 Å². The zero-order chi connectivity index (χ0) is 8.81. The highest BCUT2D eigenvalue weighted by molar-refractivity contribution is 5.71. The number of esters is 1. The number of rotatable bonds is 3. The molecule has 4 nitrogen and oxygen atoms in total. The smallest absolute Gasteiger partial charge is 0.312 e. The van der Waals surface area contributed by atoms with Crippen LogP contribution >= 0.6 is 0 Å². The van der Waals surface area contributed by atoms with Gasteiger partial charge in [-0.05, 0) is 6.42 Å². The lowest BCUT2D eigenvalue weighted by molar-refractivity contribution is -0.134. The second-order valence-corrected chi connectivity index (χ2v) is 2.27. The van der Waals surface area contributed by atoms with Crippen molar-refractivity contribution in [3.8, 4) is 5.88 Å². The molecule has 0 bridgehead atoms. The van der Waals surface area contributed by atoms with E-state index in [1.54, 1.807) is 6.07 Å². The molecule has 0 amide bonds. The van der Waals surface area contributed by atoms with Crippen molar-refractivity contribution in [3.63, 3.8) is 0 Å². The second kappa shape index (κ2) is 4.43. The topological polar surface area (TPSA) is 52.1 Å². The van der Waals surface area contributed by atoms with E-state index in [9.17, 15) is 4.79 Å². The lowest BCUT2D eigenvalue weighted by Crippen LogP contribution is -2.07. The maximum atomic E-state index is 10.9. The normalized spacial score (nSPS) is 9.42. The van der Waals surface area contributed by atoms with E-state index in [0.29, 0.717) is 12.3 Å². The van der Waals surface area contributed by atoms with Crippen molar-refractivity contribution in [2.75, 3.05) is 0 Å². The third-order valence-electron chi connectivity index (χ3n) is 1.23. The number of aromatic nitrogens is 2. The van der Waals surface area contributed by atoms with E-state index >= 15 is 0 Å². The van der Waals surface area contributed by atoms with Crippen molar-refractivity contribution >= 4 is 5.97 Å². The predicted octanol–water partition coefficient (Wildman–Crippen LogP) is 1.18. The number of carbonyl (C=O) groups excluding carboxylic acids is 1. The number of hydrogen-bond acceptors (Lipinski definition) is 4. The molecule has 0 aliphatic heterocycles. The molecule has 4 heteroatoms. The number of nitrogens with zero attached hydrogens (tertiary/aromatic N) is 2. The summed E-state index contributed by atoms with van der Waals surface area (Å²) >= 11 is 0. The van der Waals surface area contributed by atoms with Gasteiger partial charge in [-0.3, -0.25) is 4.79 Å². The van der Waals surface area contributed by atoms with Gasteiger partial charge in [0.2, 0.25) is 5.88 Å². The molecule has 0 radical (unpaired) electrons. The van der Waals surface area contributed by atoms with Crippen molar-refractivity contribution < 1.29 is 9.53 Å². The van der Waals surface area contributed by atoms with Crippen molar-refractivity contribution in [2.45, 2.75) is 19.8 Å². The molecule has 64 valence electrons. The van der Waals surface area contributed by atoms with Crippen molar-refractivity contribution in [2.24, 2.45) is 0 Å². The molecule has 0 saturated carbocycles. The lowest BCUT2D eigenvalue weighted by atomic mass is 10.3. The van der Waals surface area contributed by atoms with Gasteiger partial charge in [-0.15, -0.1) is 0 Å². The Kier molecular flexibility index (Phi) is 3.19. The van der Waals surface area contributed by atoms with Gasteiger partial charge >= 0.3 is 5.97 Å². The Morgan fingerprint density at radius 3 is 3.08 bits per heavy atom. The molecule has 0 unspecified atom stereocenters. The Morgan fingerprint density at radius 2 is 2.50 bits per heavy atom. The van der Waals surface area contributed by atoms with Gasteiger partial charge < -0.3 is 4.74 Å². The van der Waals surface area contributed by atoms with Crippen molar-refractivity contribution in [3.05, 3.63) is 18.6 Å². The Hall–Kier alpha value is -1.45. The minimum Gasteiger partial charge on any atom is -0.407 e. The Labute approximate surface area is 70.6 Å². The van der Waals surface area contributed by atoms with Crippen LogP contribution in [0.3, 0.4) is 0 Å². The van der Waals surface area contributed by atoms with Gasteiger partial charge in [-0.2, -0.15) is 0 Å². The first kappa shape index (κ1) is 8.64. The molecule has 12 heavy (non-hydrogen) atoms. The van der Waals surface area contributed by atoms with E-state index in [1.807, 2.05) is 6.92 Å². The van der Waals surface area contributed by atoms with Crippen molar-refractivity contribution in [1.82, 2.24) is 9.97 Å². The lowest BCUT2D eigenvalue weighted by Gasteiger charge is -1.99. The molecule has 1 heterocycles. The average Bonchev–Trinajstić information content (AvgIpc) is 2.06. The Morgan fingerprint density at radius 1 is 1.67 bits per heavy atom. The molecule has 1 aromatic rings. The average molecular weight is 166 g/mol. The molecule has 0 saturated heterocycles. The molecule has 0 aliphatic carbocycles. The van der Waals surface area contributed by atoms with Gasteiger partial charge in [0.05, 0.1) is 0 Å². The van der Waals surface area contributed by atoms with Crippen LogP contribution in [0, 0.1) is 0 Å². The summed E-state index contributed by atoms with van der Waals surface area (Å²) in [6.07, 6.45) is 4.07. The van der Waals surface area contributed by atoms with Crippen LogP contribution in [0.4, 0.5) is 0 Å². The van der Waals surface area contributed by atoms with Gasteiger partial charge in [-0.1, -0.05) is 6.92 Å². The first-order valence-corrected chi connectivity index (χ1v) is 3.79. The van der Waals surface area contributed by atoms with E-state index in [0.717, 1.165) is 6.42 Å². The summed E-state index contributed by atoms with van der Waals surface area (Å²) in [5, 5.41) is 0. The predicted molar refractivity (Wildman–Crippen MR) is 42.6 cm³/mol. The van der Waals surface area contributed by atoms with Gasteiger partial charge in [0.1, 0.15) is 6.33 Å². The van der Waals surface area contributed by atoms with E-state index in [4.69, 9.17) is 4.74 Å². The quantitative estimate of drug-likeness (QED) is 0.633. The van der Waals surface area contributed by atoms with E-state index in [1.165, 1.54) is 12.5 Å². The molecule has 1 aromatic heterocycles. The summed E-state index contributed by atoms with van der Waals surface area (Å²) in [7, 11) is 0. The van der Waals surface area contributed by atoms with Crippen LogP contribution in [0.15, 0.2) is 18.6 Å². The number of carbonyl (C=O) groups is 1. The van der Waals surface area contributed by atoms with E-state index in [-0.39, 0.29) is 5.97 Å². The fraction of sp³-hybridized carbons (Fsp3) is 0.375. The molecular formula is C8H10N2O2. The van der Waals surface area contributed by atoms with Crippen LogP contribution in [-0.4, -0.2) is 15.9 Å². The maximum absolute atomic E-state index is 10.9. The van der Waals surface area contributed by atoms with E-state index in [2.05, 4.69) is 9.97 Å². The Bertz CT molecular complexity index is 248. The zero-order valence-corrected chi connectivity index (χ0v) is 6.86. The molecule has 0 spiro atoms. The summed E-state index contributed by atoms with van der Waals surface area (Å²) in [5.41, 5.74) is 0. The minimum atomic E-state index is -0.254. The highest BCUT2D eigenvalue weighted by Gasteiger charge is 2.02. The van der Waals surface area contributed by atoms with Crippen LogP contribution < -0.4 is 4.74 Å². The van der Waals surface area contributed by atoms with Crippen LogP contribution in [0.25, 0.3) is 0 Å². The summed E-state index contributed by atoms with van der Waals surface area (Å²) in [5.74, 6) is 0.0552. The largest absolute Gasteiger partial charge is 0.407 e. The van der Waals surface area contributed by atoms with E-state index < -0.39 is 0 Å². The van der Waals surface area contributed by atoms with Crippen LogP contribution in [0.2, 0.25) is 0 Å². The van der Waals surface area contributed by atoms with Gasteiger partial charge in [-0.25, -0.2) is 9.97 Å².